The van der Waals surface area contributed by atoms with Gasteiger partial charge in [-0.25, -0.2) is 4.79 Å². The van der Waals surface area contributed by atoms with Gasteiger partial charge in [0.15, 0.2) is 6.10 Å². The quantitative estimate of drug-likeness (QED) is 0.624. The SMILES string of the molecule is CCOCCCNC(=O)[C@@H]1CC[C@H](C(=O)O)O1. The molecule has 1 heterocycles. The smallest absolute Gasteiger partial charge is 0.332 e. The molecule has 0 spiro atoms. The van der Waals surface area contributed by atoms with E-state index >= 15 is 0 Å². The zero-order valence-corrected chi connectivity index (χ0v) is 9.98. The minimum atomic E-state index is -1.00. The summed E-state index contributed by atoms with van der Waals surface area (Å²) < 4.78 is 10.2. The summed E-state index contributed by atoms with van der Waals surface area (Å²) >= 11 is 0. The maximum atomic E-state index is 11.6. The van der Waals surface area contributed by atoms with Crippen LogP contribution in [0, 0.1) is 0 Å². The number of rotatable bonds is 7. The van der Waals surface area contributed by atoms with Crippen molar-refractivity contribution in [3.05, 3.63) is 0 Å². The van der Waals surface area contributed by atoms with Gasteiger partial charge in [0.1, 0.15) is 6.10 Å². The number of aliphatic carboxylic acids is 1. The van der Waals surface area contributed by atoms with Crippen LogP contribution in [0.25, 0.3) is 0 Å². The number of amides is 1. The summed E-state index contributed by atoms with van der Waals surface area (Å²) in [6.07, 6.45) is 0.146. The van der Waals surface area contributed by atoms with E-state index in [1.807, 2.05) is 6.92 Å². The summed E-state index contributed by atoms with van der Waals surface area (Å²) in [6.45, 7) is 3.72. The second-order valence-corrected chi connectivity index (χ2v) is 3.87. The molecule has 0 aromatic heterocycles. The van der Waals surface area contributed by atoms with Crippen LogP contribution < -0.4 is 5.32 Å². The van der Waals surface area contributed by atoms with Gasteiger partial charge in [0, 0.05) is 19.8 Å². The fraction of sp³-hybridized carbons (Fsp3) is 0.818. The summed E-state index contributed by atoms with van der Waals surface area (Å²) in [5, 5.41) is 11.4. The van der Waals surface area contributed by atoms with Crippen molar-refractivity contribution in [2.75, 3.05) is 19.8 Å². The Hall–Kier alpha value is -1.14. The Labute approximate surface area is 100 Å². The lowest BCUT2D eigenvalue weighted by Crippen LogP contribution is -2.36. The molecule has 6 heteroatoms. The van der Waals surface area contributed by atoms with Gasteiger partial charge in [-0.05, 0) is 26.2 Å². The zero-order chi connectivity index (χ0) is 12.7. The third-order valence-electron chi connectivity index (χ3n) is 2.56. The van der Waals surface area contributed by atoms with Crippen LogP contribution in [-0.2, 0) is 19.1 Å². The van der Waals surface area contributed by atoms with E-state index in [-0.39, 0.29) is 5.91 Å². The molecule has 1 saturated heterocycles. The standard InChI is InChI=1S/C11H19NO5/c1-2-16-7-3-6-12-10(13)8-4-5-9(17-8)11(14)15/h8-9H,2-7H2,1H3,(H,12,13)(H,14,15)/t8-,9+/m0/s1. The van der Waals surface area contributed by atoms with Gasteiger partial charge in [-0.15, -0.1) is 0 Å². The van der Waals surface area contributed by atoms with E-state index in [1.165, 1.54) is 0 Å². The van der Waals surface area contributed by atoms with Crippen molar-refractivity contribution in [2.45, 2.75) is 38.4 Å². The van der Waals surface area contributed by atoms with E-state index in [1.54, 1.807) is 0 Å². The topological polar surface area (TPSA) is 84.9 Å². The third kappa shape index (κ3) is 4.70. The molecule has 0 bridgehead atoms. The Kier molecular flexibility index (Phi) is 5.93. The first-order valence-electron chi connectivity index (χ1n) is 5.89. The highest BCUT2D eigenvalue weighted by molar-refractivity contribution is 5.82. The zero-order valence-electron chi connectivity index (χ0n) is 9.98. The van der Waals surface area contributed by atoms with E-state index in [2.05, 4.69) is 5.32 Å². The minimum Gasteiger partial charge on any atom is -0.479 e. The molecule has 1 fully saturated rings. The highest BCUT2D eigenvalue weighted by atomic mass is 16.5. The lowest BCUT2D eigenvalue weighted by atomic mass is 10.2. The Balaban J connectivity index is 2.14. The number of hydrogen-bond donors (Lipinski definition) is 2. The lowest BCUT2D eigenvalue weighted by molar-refractivity contribution is -0.151. The van der Waals surface area contributed by atoms with Gasteiger partial charge in [0.05, 0.1) is 0 Å². The Morgan fingerprint density at radius 3 is 2.71 bits per heavy atom. The van der Waals surface area contributed by atoms with Crippen LogP contribution in [0.3, 0.4) is 0 Å². The van der Waals surface area contributed by atoms with Gasteiger partial charge in [-0.3, -0.25) is 4.79 Å². The largest absolute Gasteiger partial charge is 0.479 e. The average molecular weight is 245 g/mol. The molecule has 17 heavy (non-hydrogen) atoms. The number of carbonyl (C=O) groups is 2. The lowest BCUT2D eigenvalue weighted by Gasteiger charge is -2.11. The van der Waals surface area contributed by atoms with Crippen LogP contribution in [0.4, 0.5) is 0 Å². The highest BCUT2D eigenvalue weighted by Gasteiger charge is 2.34. The maximum Gasteiger partial charge on any atom is 0.332 e. The first kappa shape index (κ1) is 13.9. The van der Waals surface area contributed by atoms with E-state index < -0.39 is 18.2 Å². The Morgan fingerprint density at radius 2 is 2.12 bits per heavy atom. The fourth-order valence-corrected chi connectivity index (χ4v) is 1.66. The molecule has 0 aromatic rings. The molecule has 1 aliphatic heterocycles. The van der Waals surface area contributed by atoms with Crippen LogP contribution in [-0.4, -0.2) is 48.9 Å². The summed E-state index contributed by atoms with van der Waals surface area (Å²) in [7, 11) is 0. The molecule has 0 aromatic carbocycles. The first-order valence-corrected chi connectivity index (χ1v) is 5.89. The van der Waals surface area contributed by atoms with Gasteiger partial charge in [-0.2, -0.15) is 0 Å². The molecule has 1 aliphatic rings. The van der Waals surface area contributed by atoms with Gasteiger partial charge in [0.25, 0.3) is 0 Å². The molecule has 0 saturated carbocycles. The van der Waals surface area contributed by atoms with Crippen LogP contribution >= 0.6 is 0 Å². The van der Waals surface area contributed by atoms with E-state index in [0.717, 1.165) is 6.42 Å². The third-order valence-corrected chi connectivity index (χ3v) is 2.56. The van der Waals surface area contributed by atoms with Crippen molar-refractivity contribution in [3.63, 3.8) is 0 Å². The minimum absolute atomic E-state index is 0.231. The van der Waals surface area contributed by atoms with Crippen LogP contribution in [0.5, 0.6) is 0 Å². The second kappa shape index (κ2) is 7.24. The van der Waals surface area contributed by atoms with Crippen LogP contribution in [0.15, 0.2) is 0 Å². The molecule has 6 nitrogen and oxygen atoms in total. The summed E-state index contributed by atoms with van der Waals surface area (Å²) in [4.78, 5) is 22.2. The molecular weight excluding hydrogens is 226 g/mol. The van der Waals surface area contributed by atoms with Gasteiger partial charge < -0.3 is 19.9 Å². The number of ether oxygens (including phenoxy) is 2. The van der Waals surface area contributed by atoms with Gasteiger partial charge >= 0.3 is 5.97 Å². The number of carbonyl (C=O) groups excluding carboxylic acids is 1. The fourth-order valence-electron chi connectivity index (χ4n) is 1.66. The van der Waals surface area contributed by atoms with Crippen molar-refractivity contribution in [1.29, 1.82) is 0 Å². The van der Waals surface area contributed by atoms with Crippen molar-refractivity contribution >= 4 is 11.9 Å². The van der Waals surface area contributed by atoms with Gasteiger partial charge in [0.2, 0.25) is 5.91 Å². The molecule has 0 radical (unpaired) electrons. The average Bonchev–Trinajstić information content (AvgIpc) is 2.78. The molecular formula is C11H19NO5. The number of carboxylic acid groups (broad SMARTS) is 1. The summed E-state index contributed by atoms with van der Waals surface area (Å²) in [5.41, 5.74) is 0. The van der Waals surface area contributed by atoms with E-state index in [4.69, 9.17) is 14.6 Å². The number of hydrogen-bond acceptors (Lipinski definition) is 4. The maximum absolute atomic E-state index is 11.6. The molecule has 0 unspecified atom stereocenters. The predicted molar refractivity (Wildman–Crippen MR) is 59.7 cm³/mol. The number of nitrogens with one attached hydrogen (secondary N) is 1. The molecule has 1 rings (SSSR count). The van der Waals surface area contributed by atoms with E-state index in [9.17, 15) is 9.59 Å². The predicted octanol–water partition coefficient (Wildman–Crippen LogP) is 0.161. The van der Waals surface area contributed by atoms with Crippen LogP contribution in [0.1, 0.15) is 26.2 Å². The normalized spacial score (nSPS) is 23.6. The molecule has 98 valence electrons. The Bertz CT molecular complexity index is 269. The van der Waals surface area contributed by atoms with Crippen LogP contribution in [0.2, 0.25) is 0 Å². The monoisotopic (exact) mass is 245 g/mol. The molecule has 1 amide bonds. The van der Waals surface area contributed by atoms with Crippen molar-refractivity contribution in [3.8, 4) is 0 Å². The van der Waals surface area contributed by atoms with Crippen molar-refractivity contribution < 1.29 is 24.2 Å². The van der Waals surface area contributed by atoms with Crippen molar-refractivity contribution in [2.24, 2.45) is 0 Å². The highest BCUT2D eigenvalue weighted by Crippen LogP contribution is 2.19. The first-order chi connectivity index (χ1) is 8.15. The number of carboxylic acids is 1. The second-order valence-electron chi connectivity index (χ2n) is 3.87. The molecule has 0 aliphatic carbocycles. The van der Waals surface area contributed by atoms with E-state index in [0.29, 0.717) is 32.6 Å². The summed E-state index contributed by atoms with van der Waals surface area (Å²) in [6, 6.07) is 0. The van der Waals surface area contributed by atoms with Gasteiger partial charge in [-0.1, -0.05) is 0 Å². The summed E-state index contributed by atoms with van der Waals surface area (Å²) in [5.74, 6) is -1.23. The Morgan fingerprint density at radius 1 is 1.41 bits per heavy atom. The molecule has 2 atom stereocenters. The van der Waals surface area contributed by atoms with Crippen molar-refractivity contribution in [1.82, 2.24) is 5.32 Å². The molecule has 2 N–H and O–H groups in total.